The minimum Gasteiger partial charge on any atom is -0.410 e. The Morgan fingerprint density at radius 2 is 1.73 bits per heavy atom. The van der Waals surface area contributed by atoms with Crippen molar-refractivity contribution in [2.75, 3.05) is 19.0 Å². The predicted octanol–water partition coefficient (Wildman–Crippen LogP) is 4.56. The van der Waals surface area contributed by atoms with E-state index in [-0.39, 0.29) is 29.8 Å². The Kier molecular flexibility index (Phi) is 7.09. The highest BCUT2D eigenvalue weighted by Gasteiger charge is 2.27. The minimum absolute atomic E-state index is 0.0237. The summed E-state index contributed by atoms with van der Waals surface area (Å²) in [7, 11) is 0. The van der Waals surface area contributed by atoms with Crippen molar-refractivity contribution < 1.29 is 22.3 Å². The molecule has 0 radical (unpaired) electrons. The van der Waals surface area contributed by atoms with Gasteiger partial charge in [0.25, 0.3) is 16.7 Å². The van der Waals surface area contributed by atoms with E-state index in [0.717, 1.165) is 5.56 Å². The number of rotatable bonds is 9. The van der Waals surface area contributed by atoms with Crippen LogP contribution in [0.3, 0.4) is 0 Å². The first-order valence-corrected chi connectivity index (χ1v) is 11.0. The summed E-state index contributed by atoms with van der Waals surface area (Å²) < 4.78 is 47.9. The van der Waals surface area contributed by atoms with E-state index in [1.807, 2.05) is 30.3 Å². The Hall–Kier alpha value is -3.18. The fraction of sp³-hybridized carbons (Fsp3) is 0.273. The van der Waals surface area contributed by atoms with Crippen molar-refractivity contribution in [2.24, 2.45) is 0 Å². The number of nitrogens with zero attached hydrogens (tertiary/aromatic N) is 4. The van der Waals surface area contributed by atoms with Gasteiger partial charge in [0, 0.05) is 17.7 Å². The largest absolute Gasteiger partial charge is 0.411 e. The molecule has 7 nitrogen and oxygen atoms in total. The van der Waals surface area contributed by atoms with Crippen LogP contribution in [0, 0.1) is 0 Å². The number of aromatic nitrogens is 4. The molecule has 4 rings (SSSR count). The molecule has 0 saturated heterocycles. The van der Waals surface area contributed by atoms with Crippen molar-refractivity contribution in [2.45, 2.75) is 24.4 Å². The molecular weight excluding hydrogens is 457 g/mol. The number of halogens is 3. The van der Waals surface area contributed by atoms with Gasteiger partial charge in [-0.15, -0.1) is 10.2 Å². The summed E-state index contributed by atoms with van der Waals surface area (Å²) >= 11 is 1.21. The van der Waals surface area contributed by atoms with E-state index in [2.05, 4.69) is 20.0 Å². The van der Waals surface area contributed by atoms with Gasteiger partial charge in [0.1, 0.15) is 6.61 Å². The first kappa shape index (κ1) is 23.0. The zero-order valence-corrected chi connectivity index (χ0v) is 18.1. The van der Waals surface area contributed by atoms with Crippen molar-refractivity contribution in [3.63, 3.8) is 0 Å². The molecule has 0 saturated carbocycles. The van der Waals surface area contributed by atoms with E-state index >= 15 is 0 Å². The second kappa shape index (κ2) is 10.2. The first-order chi connectivity index (χ1) is 15.9. The zero-order valence-electron chi connectivity index (χ0n) is 17.3. The highest BCUT2D eigenvalue weighted by molar-refractivity contribution is 7.99. The normalized spacial score (nSPS) is 11.8. The molecule has 2 aromatic heterocycles. The van der Waals surface area contributed by atoms with Gasteiger partial charge < -0.3 is 9.15 Å². The van der Waals surface area contributed by atoms with E-state index in [9.17, 15) is 18.0 Å². The topological polar surface area (TPSA) is 83.0 Å². The molecule has 0 unspecified atom stereocenters. The van der Waals surface area contributed by atoms with E-state index in [4.69, 9.17) is 4.42 Å². The van der Waals surface area contributed by atoms with Crippen LogP contribution in [0.1, 0.15) is 12.0 Å². The lowest BCUT2D eigenvalue weighted by atomic mass is 10.1. The zero-order chi connectivity index (χ0) is 23.3. The maximum Gasteiger partial charge on any atom is 0.411 e. The highest BCUT2D eigenvalue weighted by atomic mass is 32.2. The second-order valence-electron chi connectivity index (χ2n) is 7.09. The van der Waals surface area contributed by atoms with Crippen molar-refractivity contribution in [1.29, 1.82) is 0 Å². The van der Waals surface area contributed by atoms with Crippen molar-refractivity contribution in [1.82, 2.24) is 20.0 Å². The van der Waals surface area contributed by atoms with Crippen LogP contribution in [0.15, 0.2) is 69.0 Å². The molecule has 0 aliphatic heterocycles. The SMILES string of the molecule is O=c1c2ccccc2c(-c2nnc(SCCCOCC(F)(F)F)o2)nn1Cc1ccccc1. The smallest absolute Gasteiger partial charge is 0.410 e. The molecular formula is C22H19F3N4O3S. The number of fused-ring (bicyclic) bond motifs is 1. The van der Waals surface area contributed by atoms with Crippen LogP contribution in [0.5, 0.6) is 0 Å². The molecule has 172 valence electrons. The van der Waals surface area contributed by atoms with Crippen LogP contribution in [0.25, 0.3) is 22.4 Å². The van der Waals surface area contributed by atoms with Crippen LogP contribution >= 0.6 is 11.8 Å². The molecule has 0 bridgehead atoms. The van der Waals surface area contributed by atoms with E-state index in [0.29, 0.717) is 28.6 Å². The summed E-state index contributed by atoms with van der Waals surface area (Å²) in [4.78, 5) is 13.0. The fourth-order valence-electron chi connectivity index (χ4n) is 3.13. The lowest BCUT2D eigenvalue weighted by molar-refractivity contribution is -0.173. The van der Waals surface area contributed by atoms with Gasteiger partial charge in [0.2, 0.25) is 0 Å². The average Bonchev–Trinajstić information content (AvgIpc) is 3.27. The molecule has 4 aromatic rings. The van der Waals surface area contributed by atoms with E-state index in [1.54, 1.807) is 24.3 Å². The minimum atomic E-state index is -4.33. The van der Waals surface area contributed by atoms with Gasteiger partial charge >= 0.3 is 6.18 Å². The molecule has 2 heterocycles. The Balaban J connectivity index is 1.52. The Bertz CT molecular complexity index is 1280. The molecule has 0 aliphatic carbocycles. The Labute approximate surface area is 190 Å². The lowest BCUT2D eigenvalue weighted by Gasteiger charge is -2.09. The van der Waals surface area contributed by atoms with Crippen LogP contribution in [0.4, 0.5) is 13.2 Å². The van der Waals surface area contributed by atoms with Crippen LogP contribution in [-0.4, -0.2) is 45.1 Å². The predicted molar refractivity (Wildman–Crippen MR) is 117 cm³/mol. The van der Waals surface area contributed by atoms with Crippen LogP contribution in [0.2, 0.25) is 0 Å². The highest BCUT2D eigenvalue weighted by Crippen LogP contribution is 2.27. The molecule has 0 atom stereocenters. The van der Waals surface area contributed by atoms with Gasteiger partial charge in [-0.1, -0.05) is 60.3 Å². The standard InChI is InChI=1S/C22H19F3N4O3S/c23-22(24,25)14-31-11-6-12-33-21-27-26-19(32-21)18-16-9-4-5-10-17(16)20(30)29(28-18)13-15-7-2-1-3-8-15/h1-5,7-10H,6,11-14H2. The third kappa shape index (κ3) is 5.99. The molecule has 0 fully saturated rings. The molecule has 0 N–H and O–H groups in total. The van der Waals surface area contributed by atoms with E-state index in [1.165, 1.54) is 16.4 Å². The molecule has 11 heteroatoms. The summed E-state index contributed by atoms with van der Waals surface area (Å²) in [5, 5.41) is 13.9. The molecule has 0 amide bonds. The number of ether oxygens (including phenoxy) is 1. The summed E-state index contributed by atoms with van der Waals surface area (Å²) in [6.45, 7) is -1.00. The van der Waals surface area contributed by atoms with Gasteiger partial charge in [0.15, 0.2) is 5.69 Å². The fourth-order valence-corrected chi connectivity index (χ4v) is 3.80. The second-order valence-corrected chi connectivity index (χ2v) is 8.13. The number of thioether (sulfide) groups is 1. The van der Waals surface area contributed by atoms with Crippen molar-refractivity contribution in [3.05, 3.63) is 70.5 Å². The maximum atomic E-state index is 13.0. The van der Waals surface area contributed by atoms with E-state index < -0.39 is 12.8 Å². The van der Waals surface area contributed by atoms with Crippen molar-refractivity contribution >= 4 is 22.5 Å². The van der Waals surface area contributed by atoms with Gasteiger partial charge in [-0.05, 0) is 18.1 Å². The van der Waals surface area contributed by atoms with Crippen LogP contribution in [-0.2, 0) is 11.3 Å². The first-order valence-electron chi connectivity index (χ1n) is 10.1. The maximum absolute atomic E-state index is 13.0. The molecule has 33 heavy (non-hydrogen) atoms. The van der Waals surface area contributed by atoms with Gasteiger partial charge in [-0.25, -0.2) is 4.68 Å². The quantitative estimate of drug-likeness (QED) is 0.259. The third-order valence-corrected chi connectivity index (χ3v) is 5.48. The molecule has 0 spiro atoms. The number of hydrogen-bond donors (Lipinski definition) is 0. The molecule has 0 aliphatic rings. The summed E-state index contributed by atoms with van der Waals surface area (Å²) in [6.07, 6.45) is -3.94. The summed E-state index contributed by atoms with van der Waals surface area (Å²) in [5.41, 5.74) is 1.07. The van der Waals surface area contributed by atoms with Gasteiger partial charge in [-0.2, -0.15) is 18.3 Å². The van der Waals surface area contributed by atoms with Crippen molar-refractivity contribution in [3.8, 4) is 11.6 Å². The summed E-state index contributed by atoms with van der Waals surface area (Å²) in [6, 6.07) is 16.5. The number of benzene rings is 2. The molecule has 2 aromatic carbocycles. The Morgan fingerprint density at radius 1 is 1.00 bits per heavy atom. The van der Waals surface area contributed by atoms with Gasteiger partial charge in [0.05, 0.1) is 11.9 Å². The average molecular weight is 476 g/mol. The summed E-state index contributed by atoms with van der Waals surface area (Å²) in [5.74, 6) is 0.602. The number of alkyl halides is 3. The number of hydrogen-bond acceptors (Lipinski definition) is 7. The van der Waals surface area contributed by atoms with Gasteiger partial charge in [-0.3, -0.25) is 4.79 Å². The monoisotopic (exact) mass is 476 g/mol. The lowest BCUT2D eigenvalue weighted by Crippen LogP contribution is -2.24. The third-order valence-electron chi connectivity index (χ3n) is 4.58. The Morgan fingerprint density at radius 3 is 2.48 bits per heavy atom. The van der Waals surface area contributed by atoms with Crippen LogP contribution < -0.4 is 5.56 Å².